The van der Waals surface area contributed by atoms with Crippen molar-refractivity contribution in [3.63, 3.8) is 0 Å². The number of carbonyl (C=O) groups excluding carboxylic acids is 2. The van der Waals surface area contributed by atoms with Crippen LogP contribution >= 0.6 is 0 Å². The monoisotopic (exact) mass is 296 g/mol. The quantitative estimate of drug-likeness (QED) is 0.860. The van der Waals surface area contributed by atoms with Gasteiger partial charge >= 0.3 is 0 Å². The summed E-state index contributed by atoms with van der Waals surface area (Å²) in [4.78, 5) is 27.4. The Morgan fingerprint density at radius 1 is 1.24 bits per heavy atom. The third-order valence-corrected chi connectivity index (χ3v) is 4.64. The van der Waals surface area contributed by atoms with Crippen molar-refractivity contribution in [1.29, 1.82) is 0 Å². The third-order valence-electron chi connectivity index (χ3n) is 4.64. The first kappa shape index (κ1) is 16.3. The lowest BCUT2D eigenvalue weighted by Crippen LogP contribution is -2.72. The van der Waals surface area contributed by atoms with E-state index in [0.717, 1.165) is 19.4 Å². The van der Waals surface area contributed by atoms with E-state index in [9.17, 15) is 9.59 Å². The van der Waals surface area contributed by atoms with Crippen LogP contribution in [-0.2, 0) is 14.3 Å². The van der Waals surface area contributed by atoms with Gasteiger partial charge in [-0.25, -0.2) is 0 Å². The van der Waals surface area contributed by atoms with Gasteiger partial charge in [0.05, 0.1) is 12.1 Å². The first-order chi connectivity index (χ1) is 9.78. The Hall–Kier alpha value is -1.10. The lowest BCUT2D eigenvalue weighted by molar-refractivity contribution is -0.166. The van der Waals surface area contributed by atoms with Gasteiger partial charge < -0.3 is 15.0 Å². The molecule has 2 heterocycles. The van der Waals surface area contributed by atoms with Gasteiger partial charge in [-0.15, -0.1) is 0 Å². The van der Waals surface area contributed by atoms with Gasteiger partial charge in [-0.3, -0.25) is 9.59 Å². The van der Waals surface area contributed by atoms with Crippen LogP contribution in [0.4, 0.5) is 0 Å². The fourth-order valence-electron chi connectivity index (χ4n) is 3.47. The summed E-state index contributed by atoms with van der Waals surface area (Å²) in [6.07, 6.45) is 1.82. The predicted octanol–water partition coefficient (Wildman–Crippen LogP) is 1.56. The normalized spacial score (nSPS) is 34.5. The van der Waals surface area contributed by atoms with E-state index in [1.807, 2.05) is 32.6 Å². The highest BCUT2D eigenvalue weighted by Crippen LogP contribution is 2.33. The number of hydrogen-bond donors (Lipinski definition) is 1. The minimum atomic E-state index is -0.425. The maximum Gasteiger partial charge on any atom is 0.246 e. The molecule has 0 aliphatic carbocycles. The molecule has 2 amide bonds. The second-order valence-corrected chi connectivity index (χ2v) is 7.28. The first-order valence-corrected chi connectivity index (χ1v) is 7.99. The molecule has 1 N–H and O–H groups in total. The topological polar surface area (TPSA) is 58.6 Å². The van der Waals surface area contributed by atoms with Crippen molar-refractivity contribution in [3.05, 3.63) is 0 Å². The highest BCUT2D eigenvalue weighted by molar-refractivity contribution is 5.97. The highest BCUT2D eigenvalue weighted by atomic mass is 16.5. The minimum Gasteiger partial charge on any atom is -0.379 e. The number of amides is 2. The number of hydrogen-bond acceptors (Lipinski definition) is 3. The van der Waals surface area contributed by atoms with Gasteiger partial charge in [0.2, 0.25) is 11.8 Å². The van der Waals surface area contributed by atoms with Crippen LogP contribution < -0.4 is 5.32 Å². The van der Waals surface area contributed by atoms with E-state index in [-0.39, 0.29) is 29.2 Å². The first-order valence-electron chi connectivity index (χ1n) is 7.99. The van der Waals surface area contributed by atoms with Crippen LogP contribution in [0.25, 0.3) is 0 Å². The molecule has 2 rings (SSSR count). The van der Waals surface area contributed by atoms with E-state index in [1.165, 1.54) is 0 Å². The van der Waals surface area contributed by atoms with E-state index in [1.54, 1.807) is 0 Å². The molecule has 3 unspecified atom stereocenters. The van der Waals surface area contributed by atoms with Crippen molar-refractivity contribution in [3.8, 4) is 0 Å². The maximum atomic E-state index is 13.0. The van der Waals surface area contributed by atoms with Crippen molar-refractivity contribution in [2.24, 2.45) is 11.8 Å². The summed E-state index contributed by atoms with van der Waals surface area (Å²) in [5.41, 5.74) is -0.380. The van der Waals surface area contributed by atoms with E-state index < -0.39 is 12.1 Å². The van der Waals surface area contributed by atoms with Gasteiger partial charge in [0.25, 0.3) is 0 Å². The van der Waals surface area contributed by atoms with Gasteiger partial charge in [0.1, 0.15) is 12.1 Å². The van der Waals surface area contributed by atoms with Gasteiger partial charge in [-0.05, 0) is 31.6 Å². The Bertz CT molecular complexity index is 414. The molecule has 0 aromatic heterocycles. The van der Waals surface area contributed by atoms with Crippen molar-refractivity contribution in [2.75, 3.05) is 13.2 Å². The summed E-state index contributed by atoms with van der Waals surface area (Å²) in [6.45, 7) is 11.2. The third kappa shape index (κ3) is 2.93. The molecule has 21 heavy (non-hydrogen) atoms. The Kier molecular flexibility index (Phi) is 4.61. The zero-order chi connectivity index (χ0) is 15.8. The molecule has 2 aliphatic rings. The summed E-state index contributed by atoms with van der Waals surface area (Å²) >= 11 is 0. The number of nitrogens with zero attached hydrogens (tertiary/aromatic N) is 1. The summed E-state index contributed by atoms with van der Waals surface area (Å²) in [6, 6.07) is -0.828. The molecule has 0 radical (unpaired) electrons. The molecule has 0 aromatic rings. The second-order valence-electron chi connectivity index (χ2n) is 7.28. The smallest absolute Gasteiger partial charge is 0.246 e. The average molecular weight is 296 g/mol. The van der Waals surface area contributed by atoms with Gasteiger partial charge in [0, 0.05) is 6.61 Å². The molecule has 3 atom stereocenters. The van der Waals surface area contributed by atoms with Crippen molar-refractivity contribution in [1.82, 2.24) is 10.2 Å². The standard InChI is InChI=1S/C16H28N2O3/c1-10(2)12-15(20)18(13(11(3)4)14(19)17-12)16(5)7-6-8-21-9-16/h10-13H,6-9H2,1-5H3,(H,17,19). The molecule has 5 heteroatoms. The molecule has 2 saturated heterocycles. The molecule has 0 bridgehead atoms. The molecule has 2 fully saturated rings. The summed E-state index contributed by atoms with van der Waals surface area (Å²) in [5, 5.41) is 2.91. The van der Waals surface area contributed by atoms with Crippen molar-refractivity contribution < 1.29 is 14.3 Å². The molecular weight excluding hydrogens is 268 g/mol. The number of piperazine rings is 1. The minimum absolute atomic E-state index is 0.0323. The van der Waals surface area contributed by atoms with E-state index in [2.05, 4.69) is 12.2 Å². The van der Waals surface area contributed by atoms with E-state index >= 15 is 0 Å². The Morgan fingerprint density at radius 2 is 1.90 bits per heavy atom. The molecule has 0 saturated carbocycles. The van der Waals surface area contributed by atoms with Gasteiger partial charge in [-0.1, -0.05) is 27.7 Å². The van der Waals surface area contributed by atoms with E-state index in [0.29, 0.717) is 6.61 Å². The summed E-state index contributed by atoms with van der Waals surface area (Å²) in [7, 11) is 0. The van der Waals surface area contributed by atoms with Crippen molar-refractivity contribution in [2.45, 2.75) is 65.1 Å². The fraction of sp³-hybridized carbons (Fsp3) is 0.875. The summed E-state index contributed by atoms with van der Waals surface area (Å²) in [5.74, 6) is 0.178. The van der Waals surface area contributed by atoms with Crippen LogP contribution in [-0.4, -0.2) is 47.6 Å². The number of nitrogens with one attached hydrogen (secondary N) is 1. The van der Waals surface area contributed by atoms with Crippen LogP contribution in [0, 0.1) is 11.8 Å². The summed E-state index contributed by atoms with van der Waals surface area (Å²) < 4.78 is 5.62. The largest absolute Gasteiger partial charge is 0.379 e. The molecule has 0 spiro atoms. The van der Waals surface area contributed by atoms with Crippen LogP contribution in [0.3, 0.4) is 0 Å². The molecule has 0 aromatic carbocycles. The van der Waals surface area contributed by atoms with Gasteiger partial charge in [0.15, 0.2) is 0 Å². The van der Waals surface area contributed by atoms with Crippen LogP contribution in [0.1, 0.15) is 47.5 Å². The number of ether oxygens (including phenoxy) is 1. The SMILES string of the molecule is CC(C)C1NC(=O)C(C(C)C)N(C2(C)CCCOC2)C1=O. The number of rotatable bonds is 3. The van der Waals surface area contributed by atoms with E-state index in [4.69, 9.17) is 4.74 Å². The highest BCUT2D eigenvalue weighted by Gasteiger charge is 2.50. The van der Waals surface area contributed by atoms with Gasteiger partial charge in [-0.2, -0.15) is 0 Å². The van der Waals surface area contributed by atoms with Crippen LogP contribution in [0.15, 0.2) is 0 Å². The molecule has 5 nitrogen and oxygen atoms in total. The molecule has 120 valence electrons. The second kappa shape index (κ2) is 5.95. The van der Waals surface area contributed by atoms with Crippen LogP contribution in [0.2, 0.25) is 0 Å². The zero-order valence-electron chi connectivity index (χ0n) is 13.8. The number of carbonyl (C=O) groups is 2. The average Bonchev–Trinajstić information content (AvgIpc) is 2.40. The predicted molar refractivity (Wildman–Crippen MR) is 80.7 cm³/mol. The Balaban J connectivity index is 2.38. The van der Waals surface area contributed by atoms with Crippen molar-refractivity contribution >= 4 is 11.8 Å². The van der Waals surface area contributed by atoms with Crippen LogP contribution in [0.5, 0.6) is 0 Å². The fourth-order valence-corrected chi connectivity index (χ4v) is 3.47. The molecule has 2 aliphatic heterocycles. The lowest BCUT2D eigenvalue weighted by atomic mass is 9.84. The Labute approximate surface area is 127 Å². The lowest BCUT2D eigenvalue weighted by Gasteiger charge is -2.52. The maximum absolute atomic E-state index is 13.0. The Morgan fingerprint density at radius 3 is 2.38 bits per heavy atom. The zero-order valence-corrected chi connectivity index (χ0v) is 13.8. The molecular formula is C16H28N2O3.